The summed E-state index contributed by atoms with van der Waals surface area (Å²) in [6, 6.07) is 6.44. The average molecular weight is 357 g/mol. The van der Waals surface area contributed by atoms with Crippen LogP contribution in [0.2, 0.25) is 0 Å². The lowest BCUT2D eigenvalue weighted by Gasteiger charge is -2.29. The summed E-state index contributed by atoms with van der Waals surface area (Å²) in [4.78, 5) is 12.1. The van der Waals surface area contributed by atoms with Gasteiger partial charge in [-0.3, -0.25) is 0 Å². The maximum absolute atomic E-state index is 13.7. The Morgan fingerprint density at radius 1 is 1.16 bits per heavy atom. The molecule has 140 valence electrons. The van der Waals surface area contributed by atoms with Crippen LogP contribution in [-0.4, -0.2) is 23.9 Å². The number of ether oxygens (including phenoxy) is 1. The summed E-state index contributed by atoms with van der Waals surface area (Å²) in [7, 11) is 0. The van der Waals surface area contributed by atoms with Crippen LogP contribution in [0.3, 0.4) is 0 Å². The molecular weight excluding hydrogens is 331 g/mol. The minimum absolute atomic E-state index is 0.266. The van der Waals surface area contributed by atoms with Crippen LogP contribution in [-0.2, 0) is 4.74 Å². The molecule has 0 bridgehead atoms. The highest BCUT2D eigenvalue weighted by molar-refractivity contribution is 5.68. The highest BCUT2D eigenvalue weighted by atomic mass is 19.4. The van der Waals surface area contributed by atoms with Crippen LogP contribution >= 0.6 is 0 Å². The molecular formula is C19H26F3NO2. The summed E-state index contributed by atoms with van der Waals surface area (Å²) < 4.78 is 46.2. The zero-order valence-electron chi connectivity index (χ0n) is 15.3. The first-order chi connectivity index (χ1) is 11.4. The molecule has 0 unspecified atom stereocenters. The van der Waals surface area contributed by atoms with Gasteiger partial charge in [0.1, 0.15) is 5.60 Å². The van der Waals surface area contributed by atoms with E-state index in [0.29, 0.717) is 5.56 Å². The molecule has 0 heterocycles. The van der Waals surface area contributed by atoms with E-state index in [4.69, 9.17) is 4.74 Å². The SMILES string of the molecule is Cc1ccc([C@H]2[C@@H](C(F)(F)F)[C@@H](C)C[C@@H]2NC(=O)OC(C)(C)C)cc1. The molecule has 0 aromatic heterocycles. The van der Waals surface area contributed by atoms with Gasteiger partial charge in [-0.25, -0.2) is 4.79 Å². The number of rotatable bonds is 2. The summed E-state index contributed by atoms with van der Waals surface area (Å²) in [6.07, 6.45) is -4.73. The molecule has 25 heavy (non-hydrogen) atoms. The van der Waals surface area contributed by atoms with E-state index in [1.807, 2.05) is 6.92 Å². The molecule has 3 nitrogen and oxygen atoms in total. The highest BCUT2D eigenvalue weighted by Crippen LogP contribution is 2.51. The highest BCUT2D eigenvalue weighted by Gasteiger charge is 2.55. The van der Waals surface area contributed by atoms with Crippen molar-refractivity contribution in [2.24, 2.45) is 11.8 Å². The van der Waals surface area contributed by atoms with Crippen LogP contribution in [0.1, 0.15) is 51.2 Å². The Morgan fingerprint density at radius 2 is 1.72 bits per heavy atom. The Hall–Kier alpha value is -1.72. The Morgan fingerprint density at radius 3 is 2.20 bits per heavy atom. The van der Waals surface area contributed by atoms with Gasteiger partial charge in [0.05, 0.1) is 5.92 Å². The van der Waals surface area contributed by atoms with E-state index >= 15 is 0 Å². The second-order valence-electron chi connectivity index (χ2n) is 7.97. The molecule has 2 rings (SSSR count). The first kappa shape index (κ1) is 19.6. The van der Waals surface area contributed by atoms with Gasteiger partial charge in [0, 0.05) is 12.0 Å². The number of carbonyl (C=O) groups excluding carboxylic acids is 1. The van der Waals surface area contributed by atoms with Crippen molar-refractivity contribution in [2.75, 3.05) is 0 Å². The van der Waals surface area contributed by atoms with Gasteiger partial charge in [0.2, 0.25) is 0 Å². The molecule has 1 N–H and O–H groups in total. The first-order valence-electron chi connectivity index (χ1n) is 8.51. The molecule has 0 radical (unpaired) electrons. The van der Waals surface area contributed by atoms with Gasteiger partial charge in [-0.2, -0.15) is 13.2 Å². The zero-order chi connectivity index (χ0) is 19.0. The largest absolute Gasteiger partial charge is 0.444 e. The lowest BCUT2D eigenvalue weighted by Crippen LogP contribution is -2.42. The number of hydrogen-bond donors (Lipinski definition) is 1. The molecule has 0 saturated heterocycles. The topological polar surface area (TPSA) is 38.3 Å². The number of halogens is 3. The molecule has 4 atom stereocenters. The lowest BCUT2D eigenvalue weighted by atomic mass is 9.83. The number of benzene rings is 1. The van der Waals surface area contributed by atoms with Crippen molar-refractivity contribution in [3.05, 3.63) is 35.4 Å². The van der Waals surface area contributed by atoms with E-state index in [9.17, 15) is 18.0 Å². The molecule has 0 aliphatic heterocycles. The number of alkyl halides is 3. The zero-order valence-corrected chi connectivity index (χ0v) is 15.3. The third-order valence-corrected chi connectivity index (χ3v) is 4.60. The van der Waals surface area contributed by atoms with Crippen LogP contribution in [0.25, 0.3) is 0 Å². The third-order valence-electron chi connectivity index (χ3n) is 4.60. The summed E-state index contributed by atoms with van der Waals surface area (Å²) in [5.41, 5.74) is 0.880. The molecule has 1 aromatic carbocycles. The fourth-order valence-electron chi connectivity index (χ4n) is 3.66. The molecule has 1 saturated carbocycles. The fourth-order valence-corrected chi connectivity index (χ4v) is 3.66. The minimum atomic E-state index is -4.32. The van der Waals surface area contributed by atoms with E-state index in [1.165, 1.54) is 0 Å². The van der Waals surface area contributed by atoms with Gasteiger partial charge >= 0.3 is 12.3 Å². The third kappa shape index (κ3) is 4.89. The van der Waals surface area contributed by atoms with Crippen molar-refractivity contribution in [3.8, 4) is 0 Å². The molecule has 1 aliphatic carbocycles. The Bertz CT molecular complexity index is 605. The van der Waals surface area contributed by atoms with Crippen molar-refractivity contribution in [3.63, 3.8) is 0 Å². The second kappa shape index (κ2) is 6.89. The van der Waals surface area contributed by atoms with Crippen molar-refractivity contribution in [1.29, 1.82) is 0 Å². The Labute approximate surface area is 146 Å². The average Bonchev–Trinajstić information content (AvgIpc) is 2.73. The summed E-state index contributed by atoms with van der Waals surface area (Å²) in [5, 5.41) is 2.67. The predicted octanol–water partition coefficient (Wildman–Crippen LogP) is 5.19. The van der Waals surface area contributed by atoms with Crippen LogP contribution < -0.4 is 5.32 Å². The molecule has 1 fully saturated rings. The number of carbonyl (C=O) groups is 1. The first-order valence-corrected chi connectivity index (χ1v) is 8.51. The van der Waals surface area contributed by atoms with Gasteiger partial charge in [0.25, 0.3) is 0 Å². The van der Waals surface area contributed by atoms with Crippen LogP contribution in [0.4, 0.5) is 18.0 Å². The monoisotopic (exact) mass is 357 g/mol. The second-order valence-corrected chi connectivity index (χ2v) is 7.97. The number of amides is 1. The lowest BCUT2D eigenvalue weighted by molar-refractivity contribution is -0.186. The van der Waals surface area contributed by atoms with Gasteiger partial charge in [0.15, 0.2) is 0 Å². The van der Waals surface area contributed by atoms with E-state index in [1.54, 1.807) is 52.0 Å². The standard InChI is InChI=1S/C19H26F3NO2/c1-11-6-8-13(9-7-11)15-14(23-17(24)25-18(3,4)5)10-12(2)16(15)19(20,21)22/h6-9,12,14-16H,10H2,1-5H3,(H,23,24)/t12-,14-,15+,16-/m0/s1. The number of hydrogen-bond acceptors (Lipinski definition) is 2. The maximum atomic E-state index is 13.7. The van der Waals surface area contributed by atoms with Crippen LogP contribution in [0, 0.1) is 18.8 Å². The van der Waals surface area contributed by atoms with Gasteiger partial charge in [-0.1, -0.05) is 36.8 Å². The van der Waals surface area contributed by atoms with Crippen molar-refractivity contribution < 1.29 is 22.7 Å². The molecule has 1 amide bonds. The molecule has 0 spiro atoms. The van der Waals surface area contributed by atoms with E-state index in [-0.39, 0.29) is 6.42 Å². The number of alkyl carbamates (subject to hydrolysis) is 1. The Balaban J connectivity index is 2.31. The molecule has 1 aliphatic rings. The number of nitrogens with one attached hydrogen (secondary N) is 1. The van der Waals surface area contributed by atoms with Gasteiger partial charge < -0.3 is 10.1 Å². The van der Waals surface area contributed by atoms with Crippen molar-refractivity contribution in [2.45, 2.75) is 64.8 Å². The Kier molecular flexibility index (Phi) is 5.40. The quantitative estimate of drug-likeness (QED) is 0.791. The van der Waals surface area contributed by atoms with E-state index < -0.39 is 41.7 Å². The van der Waals surface area contributed by atoms with E-state index in [2.05, 4.69) is 5.32 Å². The smallest absolute Gasteiger partial charge is 0.407 e. The van der Waals surface area contributed by atoms with Gasteiger partial charge in [-0.15, -0.1) is 0 Å². The normalized spacial score (nSPS) is 27.2. The summed E-state index contributed by atoms with van der Waals surface area (Å²) in [5.74, 6) is -2.88. The van der Waals surface area contributed by atoms with Gasteiger partial charge in [-0.05, 0) is 45.6 Å². The van der Waals surface area contributed by atoms with Crippen molar-refractivity contribution in [1.82, 2.24) is 5.32 Å². The van der Waals surface area contributed by atoms with Crippen LogP contribution in [0.5, 0.6) is 0 Å². The summed E-state index contributed by atoms with van der Waals surface area (Å²) in [6.45, 7) is 8.65. The molecule has 6 heteroatoms. The number of aryl methyl sites for hydroxylation is 1. The summed E-state index contributed by atoms with van der Waals surface area (Å²) >= 11 is 0. The predicted molar refractivity (Wildman–Crippen MR) is 90.4 cm³/mol. The maximum Gasteiger partial charge on any atom is 0.407 e. The minimum Gasteiger partial charge on any atom is -0.444 e. The van der Waals surface area contributed by atoms with E-state index in [0.717, 1.165) is 5.56 Å². The molecule has 1 aromatic rings. The fraction of sp³-hybridized carbons (Fsp3) is 0.632. The van der Waals surface area contributed by atoms with Crippen LogP contribution in [0.15, 0.2) is 24.3 Å². The van der Waals surface area contributed by atoms with Crippen molar-refractivity contribution >= 4 is 6.09 Å².